The molecule has 0 radical (unpaired) electrons. The molecule has 16 nitrogen and oxygen atoms in total. The van der Waals surface area contributed by atoms with E-state index in [0.717, 1.165) is 11.1 Å². The van der Waals surface area contributed by atoms with Gasteiger partial charge in [0.05, 0.1) is 14.2 Å². The standard InChI is InChI=1S/C41H34N10O6/c1-56-30-13-15-32-34(22-30)48-50(46-32)36-17-11-28(20-38(36)52)44-40(54)42-26-7-3-24(4-8-26)19-25-5-9-27(10-6-25)43-41(55)45-29-12-18-37(39(53)21-29)51-47-33-16-14-31(57-2)23-35(33)49-51/h3-18,20-23,52-53H,19H2,1-2H3,(H2,42,44,54)(H2,43,45,55). The summed E-state index contributed by atoms with van der Waals surface area (Å²) in [4.78, 5) is 28.1. The molecule has 2 heterocycles. The van der Waals surface area contributed by atoms with Gasteiger partial charge in [-0.1, -0.05) is 24.3 Å². The number of aromatic nitrogens is 6. The molecule has 0 aliphatic heterocycles. The number of nitrogens with one attached hydrogen (secondary N) is 4. The summed E-state index contributed by atoms with van der Waals surface area (Å²) in [5, 5.41) is 50.0. The van der Waals surface area contributed by atoms with E-state index >= 15 is 0 Å². The normalized spacial score (nSPS) is 11.0. The van der Waals surface area contributed by atoms with E-state index in [1.807, 2.05) is 24.3 Å². The van der Waals surface area contributed by atoms with Gasteiger partial charge in [-0.25, -0.2) is 9.59 Å². The van der Waals surface area contributed by atoms with Crippen molar-refractivity contribution >= 4 is 56.9 Å². The molecule has 2 aromatic heterocycles. The van der Waals surface area contributed by atoms with Crippen LogP contribution in [0.15, 0.2) is 121 Å². The summed E-state index contributed by atoms with van der Waals surface area (Å²) < 4.78 is 10.5. The van der Waals surface area contributed by atoms with Crippen molar-refractivity contribution in [2.75, 3.05) is 35.5 Å². The highest BCUT2D eigenvalue weighted by Crippen LogP contribution is 2.28. The fourth-order valence-corrected chi connectivity index (χ4v) is 6.03. The zero-order chi connectivity index (χ0) is 39.5. The molecule has 0 saturated heterocycles. The van der Waals surface area contributed by atoms with Crippen LogP contribution in [0, 0.1) is 0 Å². The largest absolute Gasteiger partial charge is 0.506 e. The molecule has 8 rings (SSSR count). The highest BCUT2D eigenvalue weighted by Gasteiger charge is 2.14. The number of phenols is 2. The third-order valence-electron chi connectivity index (χ3n) is 8.90. The molecular weight excluding hydrogens is 729 g/mol. The first-order chi connectivity index (χ1) is 27.7. The van der Waals surface area contributed by atoms with Crippen molar-refractivity contribution in [2.24, 2.45) is 0 Å². The lowest BCUT2D eigenvalue weighted by Gasteiger charge is -2.11. The number of hydrogen-bond acceptors (Lipinski definition) is 10. The number of benzene rings is 6. The van der Waals surface area contributed by atoms with Crippen LogP contribution in [0.5, 0.6) is 23.0 Å². The highest BCUT2D eigenvalue weighted by molar-refractivity contribution is 6.00. The fourth-order valence-electron chi connectivity index (χ4n) is 6.03. The van der Waals surface area contributed by atoms with Gasteiger partial charge in [-0.15, -0.1) is 30.0 Å². The SMILES string of the molecule is COc1ccc2nn(-c3ccc(NC(=O)Nc4ccc(Cc5ccc(NC(=O)Nc6ccc(-n7nc8ccc(OC)cc8n7)c(O)c6)cc5)cc4)cc3O)nc2c1. The summed E-state index contributed by atoms with van der Waals surface area (Å²) in [6.07, 6.45) is 0.624. The number of urea groups is 2. The second-order valence-electron chi connectivity index (χ2n) is 12.8. The molecule has 0 atom stereocenters. The van der Waals surface area contributed by atoms with Crippen LogP contribution in [0.1, 0.15) is 11.1 Å². The van der Waals surface area contributed by atoms with Crippen molar-refractivity contribution in [2.45, 2.75) is 6.42 Å². The Morgan fingerprint density at radius 2 is 0.860 bits per heavy atom. The van der Waals surface area contributed by atoms with Crippen LogP contribution in [0.3, 0.4) is 0 Å². The van der Waals surface area contributed by atoms with Gasteiger partial charge in [-0.2, -0.15) is 0 Å². The van der Waals surface area contributed by atoms with Gasteiger partial charge in [0.1, 0.15) is 56.4 Å². The monoisotopic (exact) mass is 762 g/mol. The minimum atomic E-state index is -0.479. The van der Waals surface area contributed by atoms with Crippen molar-refractivity contribution in [3.8, 4) is 34.4 Å². The zero-order valence-electron chi connectivity index (χ0n) is 30.5. The smallest absolute Gasteiger partial charge is 0.323 e. The summed E-state index contributed by atoms with van der Waals surface area (Å²) in [5.41, 5.74) is 7.16. The first kappa shape index (κ1) is 35.9. The molecule has 0 bridgehead atoms. The van der Waals surface area contributed by atoms with E-state index in [2.05, 4.69) is 41.7 Å². The van der Waals surface area contributed by atoms with E-state index in [4.69, 9.17) is 9.47 Å². The van der Waals surface area contributed by atoms with Gasteiger partial charge in [0.15, 0.2) is 0 Å². The van der Waals surface area contributed by atoms with Crippen LogP contribution in [-0.2, 0) is 6.42 Å². The Hall–Kier alpha value is -8.14. The Bertz CT molecular complexity index is 2580. The lowest BCUT2D eigenvalue weighted by molar-refractivity contribution is 0.261. The zero-order valence-corrected chi connectivity index (χ0v) is 30.5. The van der Waals surface area contributed by atoms with Crippen molar-refractivity contribution in [3.63, 3.8) is 0 Å². The van der Waals surface area contributed by atoms with Crippen LogP contribution in [0.4, 0.5) is 32.3 Å². The van der Waals surface area contributed by atoms with E-state index in [1.54, 1.807) is 99.1 Å². The van der Waals surface area contributed by atoms with Gasteiger partial charge in [-0.3, -0.25) is 0 Å². The van der Waals surface area contributed by atoms with Crippen molar-refractivity contribution in [1.82, 2.24) is 30.0 Å². The first-order valence-electron chi connectivity index (χ1n) is 17.5. The van der Waals surface area contributed by atoms with Crippen LogP contribution in [-0.4, -0.2) is 66.5 Å². The number of carbonyl (C=O) groups is 2. The average Bonchev–Trinajstić information content (AvgIpc) is 3.83. The molecule has 6 N–H and O–H groups in total. The van der Waals surface area contributed by atoms with E-state index in [1.165, 1.54) is 21.7 Å². The number of nitrogens with zero attached hydrogens (tertiary/aromatic N) is 6. The second-order valence-corrected chi connectivity index (χ2v) is 12.8. The molecule has 57 heavy (non-hydrogen) atoms. The lowest BCUT2D eigenvalue weighted by atomic mass is 10.0. The van der Waals surface area contributed by atoms with Crippen LogP contribution < -0.4 is 30.7 Å². The van der Waals surface area contributed by atoms with Crippen LogP contribution >= 0.6 is 0 Å². The van der Waals surface area contributed by atoms with Gasteiger partial charge in [-0.05, 0) is 90.3 Å². The van der Waals surface area contributed by atoms with E-state index in [-0.39, 0.29) is 11.5 Å². The number of phenolic OH excluding ortho intramolecular Hbond substituents is 2. The summed E-state index contributed by atoms with van der Waals surface area (Å²) in [6, 6.07) is 33.9. The van der Waals surface area contributed by atoms with Gasteiger partial charge >= 0.3 is 12.1 Å². The molecule has 0 unspecified atom stereocenters. The second kappa shape index (κ2) is 15.3. The molecule has 0 aliphatic rings. The molecule has 16 heteroatoms. The lowest BCUT2D eigenvalue weighted by Crippen LogP contribution is -2.19. The number of rotatable bonds is 10. The van der Waals surface area contributed by atoms with Gasteiger partial charge in [0.25, 0.3) is 0 Å². The number of anilines is 4. The first-order valence-corrected chi connectivity index (χ1v) is 17.5. The fraction of sp³-hybridized carbons (Fsp3) is 0.0732. The third kappa shape index (κ3) is 8.04. The molecular formula is C41H34N10O6. The van der Waals surface area contributed by atoms with Gasteiger partial charge < -0.3 is 41.0 Å². The summed E-state index contributed by atoms with van der Waals surface area (Å²) in [5.74, 6) is 1.07. The Morgan fingerprint density at radius 1 is 0.491 bits per heavy atom. The van der Waals surface area contributed by atoms with Crippen molar-refractivity contribution in [1.29, 1.82) is 0 Å². The molecule has 0 spiro atoms. The minimum Gasteiger partial charge on any atom is -0.506 e. The molecule has 0 fully saturated rings. The summed E-state index contributed by atoms with van der Waals surface area (Å²) in [7, 11) is 3.14. The number of ether oxygens (including phenoxy) is 2. The minimum absolute atomic E-state index is 0.111. The third-order valence-corrected chi connectivity index (χ3v) is 8.90. The molecule has 0 aliphatic carbocycles. The Kier molecular flexibility index (Phi) is 9.63. The van der Waals surface area contributed by atoms with Crippen molar-refractivity contribution < 1.29 is 29.3 Å². The van der Waals surface area contributed by atoms with Gasteiger partial charge in [0, 0.05) is 47.0 Å². The molecule has 0 saturated carbocycles. The van der Waals surface area contributed by atoms with E-state index in [9.17, 15) is 19.8 Å². The van der Waals surface area contributed by atoms with E-state index < -0.39 is 12.1 Å². The maximum absolute atomic E-state index is 12.7. The Balaban J connectivity index is 0.815. The summed E-state index contributed by atoms with van der Waals surface area (Å²) >= 11 is 0. The predicted molar refractivity (Wildman–Crippen MR) is 215 cm³/mol. The Labute approximate surface area is 324 Å². The molecule has 8 aromatic rings. The van der Waals surface area contributed by atoms with E-state index in [0.29, 0.717) is 74.1 Å². The molecule has 4 amide bonds. The predicted octanol–water partition coefficient (Wildman–Crippen LogP) is 7.46. The highest BCUT2D eigenvalue weighted by atomic mass is 16.5. The van der Waals surface area contributed by atoms with Crippen molar-refractivity contribution in [3.05, 3.63) is 132 Å². The maximum atomic E-state index is 12.7. The molecule has 284 valence electrons. The van der Waals surface area contributed by atoms with Crippen LogP contribution in [0.25, 0.3) is 33.4 Å². The summed E-state index contributed by atoms with van der Waals surface area (Å²) in [6.45, 7) is 0. The maximum Gasteiger partial charge on any atom is 0.323 e. The topological polar surface area (TPSA) is 203 Å². The number of methoxy groups -OCH3 is 2. The van der Waals surface area contributed by atoms with Crippen LogP contribution in [0.2, 0.25) is 0 Å². The quantitative estimate of drug-likeness (QED) is 0.0812. The number of carbonyl (C=O) groups excluding carboxylic acids is 2. The average molecular weight is 763 g/mol. The number of hydrogen-bond donors (Lipinski definition) is 6. The number of amides is 4. The van der Waals surface area contributed by atoms with Gasteiger partial charge in [0.2, 0.25) is 0 Å². The number of fused-ring (bicyclic) bond motifs is 2. The number of aromatic hydroxyl groups is 2. The molecule has 6 aromatic carbocycles. The Morgan fingerprint density at radius 3 is 1.25 bits per heavy atom.